The van der Waals surface area contributed by atoms with Crippen molar-refractivity contribution in [3.8, 4) is 11.1 Å². The summed E-state index contributed by atoms with van der Waals surface area (Å²) in [4.78, 5) is 39.7. The lowest BCUT2D eigenvalue weighted by molar-refractivity contribution is -0.137. The molecule has 240 valence electrons. The number of benzene rings is 4. The van der Waals surface area contributed by atoms with Gasteiger partial charge in [0, 0.05) is 17.9 Å². The Morgan fingerprint density at radius 1 is 0.761 bits per heavy atom. The second-order valence-corrected chi connectivity index (χ2v) is 12.6. The van der Waals surface area contributed by atoms with Crippen LogP contribution < -0.4 is 16.1 Å². The Hall–Kier alpha value is -4.82. The molecule has 0 saturated carbocycles. The van der Waals surface area contributed by atoms with Crippen molar-refractivity contribution in [1.29, 1.82) is 0 Å². The molecule has 0 radical (unpaired) electrons. The zero-order chi connectivity index (χ0) is 33.1. The lowest BCUT2D eigenvalue weighted by Crippen LogP contribution is -2.55. The molecule has 46 heavy (non-hydrogen) atoms. The molecule has 0 bridgehead atoms. The van der Waals surface area contributed by atoms with Gasteiger partial charge < -0.3 is 10.6 Å². The Labute approximate surface area is 270 Å². The monoisotopic (exact) mass is 623 g/mol. The Morgan fingerprint density at radius 2 is 1.33 bits per heavy atom. The predicted molar refractivity (Wildman–Crippen MR) is 177 cm³/mol. The fourth-order valence-electron chi connectivity index (χ4n) is 5.52. The van der Waals surface area contributed by atoms with Crippen molar-refractivity contribution < 1.29 is 24.0 Å². The number of amides is 3. The molecule has 8 heteroatoms. The van der Waals surface area contributed by atoms with E-state index in [0.717, 1.165) is 22.3 Å². The minimum absolute atomic E-state index is 0.265. The van der Waals surface area contributed by atoms with Crippen LogP contribution in [0.5, 0.6) is 0 Å². The van der Waals surface area contributed by atoms with Crippen LogP contribution in [0.25, 0.3) is 11.1 Å². The number of hydrogen-bond donors (Lipinski definition) is 4. The van der Waals surface area contributed by atoms with Gasteiger partial charge in [-0.15, -0.1) is 0 Å². The van der Waals surface area contributed by atoms with Gasteiger partial charge in [0.1, 0.15) is 11.9 Å². The summed E-state index contributed by atoms with van der Waals surface area (Å²) >= 11 is 0. The number of halogens is 1. The second kappa shape index (κ2) is 16.0. The van der Waals surface area contributed by atoms with Gasteiger partial charge in [-0.05, 0) is 53.0 Å². The molecule has 0 aliphatic heterocycles. The van der Waals surface area contributed by atoms with Crippen LogP contribution in [0, 0.1) is 17.2 Å². The van der Waals surface area contributed by atoms with Crippen LogP contribution in [0.4, 0.5) is 4.39 Å². The van der Waals surface area contributed by atoms with E-state index in [2.05, 4.69) is 10.6 Å². The summed E-state index contributed by atoms with van der Waals surface area (Å²) in [5.74, 6) is -2.69. The van der Waals surface area contributed by atoms with Crippen LogP contribution in [0.3, 0.4) is 0 Å². The number of aryl methyl sites for hydroxylation is 1. The molecule has 7 nitrogen and oxygen atoms in total. The third-order valence-electron chi connectivity index (χ3n) is 8.03. The van der Waals surface area contributed by atoms with E-state index in [1.54, 1.807) is 11.5 Å². The molecule has 4 N–H and O–H groups in total. The van der Waals surface area contributed by atoms with Crippen molar-refractivity contribution in [2.24, 2.45) is 11.3 Å². The molecule has 0 unspecified atom stereocenters. The Kier molecular flexibility index (Phi) is 11.8. The quantitative estimate of drug-likeness (QED) is 0.0975. The molecule has 4 aromatic carbocycles. The molecule has 2 atom stereocenters. The Morgan fingerprint density at radius 3 is 1.85 bits per heavy atom. The lowest BCUT2D eigenvalue weighted by atomic mass is 9.84. The first kappa shape index (κ1) is 34.1. The van der Waals surface area contributed by atoms with Gasteiger partial charge in [0.25, 0.3) is 0 Å². The van der Waals surface area contributed by atoms with Gasteiger partial charge in [-0.2, -0.15) is 0 Å². The number of nitrogens with one attached hydrogen (secondary N) is 3. The van der Waals surface area contributed by atoms with Gasteiger partial charge in [-0.25, -0.2) is 9.87 Å². The van der Waals surface area contributed by atoms with Gasteiger partial charge in [0.2, 0.25) is 17.7 Å². The smallest absolute Gasteiger partial charge is 0.244 e. The van der Waals surface area contributed by atoms with E-state index >= 15 is 0 Å². The minimum Gasteiger partial charge on any atom is -0.344 e. The highest BCUT2D eigenvalue weighted by Crippen LogP contribution is 2.27. The molecule has 0 aromatic heterocycles. The van der Waals surface area contributed by atoms with Crippen LogP contribution in [0.15, 0.2) is 109 Å². The standard InChI is InChI=1S/C38H42FN3O4/c1-38(2,3)35(37(45)40-34(28-17-9-5-10-18-28)29-19-11-6-12-20-29)41-36(44)30(25-33(43)42-46)21-13-14-26-22-23-31(32(39)24-26)27-15-7-4-8-16-27/h4-12,15-20,22-24,30,34-35,46H,13-14,21,25H2,1-3H3,(H,40,45)(H,41,44)(H,42,43)/t30-,35-/m1/s1. The Balaban J connectivity index is 1.47. The zero-order valence-electron chi connectivity index (χ0n) is 26.5. The average Bonchev–Trinajstić information content (AvgIpc) is 3.06. The van der Waals surface area contributed by atoms with E-state index in [-0.39, 0.29) is 24.6 Å². The van der Waals surface area contributed by atoms with Gasteiger partial charge in [0.05, 0.1) is 6.04 Å². The van der Waals surface area contributed by atoms with Crippen molar-refractivity contribution in [2.75, 3.05) is 0 Å². The van der Waals surface area contributed by atoms with Crippen molar-refractivity contribution in [3.63, 3.8) is 0 Å². The molecule has 0 spiro atoms. The largest absolute Gasteiger partial charge is 0.344 e. The summed E-state index contributed by atoms with van der Waals surface area (Å²) in [5, 5.41) is 15.2. The zero-order valence-corrected chi connectivity index (χ0v) is 26.5. The maximum atomic E-state index is 14.9. The predicted octanol–water partition coefficient (Wildman–Crippen LogP) is 6.76. The van der Waals surface area contributed by atoms with Gasteiger partial charge >= 0.3 is 0 Å². The highest BCUT2D eigenvalue weighted by atomic mass is 19.1. The van der Waals surface area contributed by atoms with Crippen LogP contribution >= 0.6 is 0 Å². The Bertz CT molecular complexity index is 1550. The third-order valence-corrected chi connectivity index (χ3v) is 8.03. The van der Waals surface area contributed by atoms with Crippen LogP contribution in [-0.2, 0) is 20.8 Å². The van der Waals surface area contributed by atoms with E-state index in [1.165, 1.54) is 6.07 Å². The first-order valence-electron chi connectivity index (χ1n) is 15.5. The van der Waals surface area contributed by atoms with Crippen molar-refractivity contribution >= 4 is 17.7 Å². The van der Waals surface area contributed by atoms with E-state index in [1.807, 2.05) is 118 Å². The number of carbonyl (C=O) groups excluding carboxylic acids is 3. The van der Waals surface area contributed by atoms with E-state index in [4.69, 9.17) is 0 Å². The summed E-state index contributed by atoms with van der Waals surface area (Å²) in [6.07, 6.45) is 0.988. The highest BCUT2D eigenvalue weighted by molar-refractivity contribution is 5.91. The molecule has 3 amide bonds. The fraction of sp³-hybridized carbons (Fsp3) is 0.289. The van der Waals surface area contributed by atoms with Crippen LogP contribution in [-0.4, -0.2) is 29.0 Å². The van der Waals surface area contributed by atoms with Crippen LogP contribution in [0.2, 0.25) is 0 Å². The number of hydrogen-bond acceptors (Lipinski definition) is 4. The third kappa shape index (κ3) is 9.34. The summed E-state index contributed by atoms with van der Waals surface area (Å²) in [7, 11) is 0. The molecule has 4 aromatic rings. The summed E-state index contributed by atoms with van der Waals surface area (Å²) < 4.78 is 14.9. The molecule has 0 aliphatic carbocycles. The molecule has 0 aliphatic rings. The van der Waals surface area contributed by atoms with Gasteiger partial charge in [-0.3, -0.25) is 19.6 Å². The lowest BCUT2D eigenvalue weighted by Gasteiger charge is -2.33. The van der Waals surface area contributed by atoms with Gasteiger partial charge in [-0.1, -0.05) is 124 Å². The van der Waals surface area contributed by atoms with Gasteiger partial charge in [0.15, 0.2) is 0 Å². The van der Waals surface area contributed by atoms with E-state index in [9.17, 15) is 24.0 Å². The molecular weight excluding hydrogens is 581 g/mol. The maximum Gasteiger partial charge on any atom is 0.244 e. The summed E-state index contributed by atoms with van der Waals surface area (Å²) in [5.41, 5.74) is 4.79. The normalized spacial score (nSPS) is 12.7. The number of rotatable bonds is 13. The van der Waals surface area contributed by atoms with Crippen LogP contribution in [0.1, 0.15) is 62.8 Å². The SMILES string of the molecule is CC(C)(C)[C@H](NC(=O)[C@H](CCCc1ccc(-c2ccccc2)c(F)c1)CC(=O)NO)C(=O)NC(c1ccccc1)c1ccccc1. The van der Waals surface area contributed by atoms with Crippen molar-refractivity contribution in [2.45, 2.75) is 58.5 Å². The number of hydroxylamine groups is 1. The number of carbonyl (C=O) groups is 3. The first-order chi connectivity index (χ1) is 22.1. The molecule has 0 heterocycles. The maximum absolute atomic E-state index is 14.9. The highest BCUT2D eigenvalue weighted by Gasteiger charge is 2.36. The van der Waals surface area contributed by atoms with Crippen molar-refractivity contribution in [3.05, 3.63) is 132 Å². The molecule has 4 rings (SSSR count). The molecular formula is C38H42FN3O4. The molecule has 0 saturated heterocycles. The molecule has 0 fully saturated rings. The minimum atomic E-state index is -0.922. The summed E-state index contributed by atoms with van der Waals surface area (Å²) in [6, 6.07) is 32.2. The average molecular weight is 624 g/mol. The first-order valence-corrected chi connectivity index (χ1v) is 15.5. The van der Waals surface area contributed by atoms with E-state index < -0.39 is 35.2 Å². The van der Waals surface area contributed by atoms with Crippen molar-refractivity contribution in [1.82, 2.24) is 16.1 Å². The second-order valence-electron chi connectivity index (χ2n) is 12.6. The van der Waals surface area contributed by atoms with E-state index in [0.29, 0.717) is 18.4 Å². The summed E-state index contributed by atoms with van der Waals surface area (Å²) in [6.45, 7) is 5.59. The topological polar surface area (TPSA) is 108 Å². The fourth-order valence-corrected chi connectivity index (χ4v) is 5.52.